The average molecular weight is 475 g/mol. The molecule has 0 aromatic heterocycles. The molecule has 0 unspecified atom stereocenters. The van der Waals surface area contributed by atoms with Crippen molar-refractivity contribution in [3.05, 3.63) is 94.9 Å². The van der Waals surface area contributed by atoms with Gasteiger partial charge in [-0.1, -0.05) is 54.6 Å². The zero-order valence-electron chi connectivity index (χ0n) is 18.4. The van der Waals surface area contributed by atoms with E-state index in [-0.39, 0.29) is 30.2 Å². The van der Waals surface area contributed by atoms with Crippen molar-refractivity contribution < 1.29 is 23.9 Å². The van der Waals surface area contributed by atoms with Gasteiger partial charge in [-0.2, -0.15) is 0 Å². The van der Waals surface area contributed by atoms with Crippen molar-refractivity contribution in [3.8, 4) is 11.5 Å². The zero-order chi connectivity index (χ0) is 23.9. The molecule has 3 aromatic carbocycles. The summed E-state index contributed by atoms with van der Waals surface area (Å²) in [5.74, 6) is 0.436. The number of nitrogens with one attached hydrogen (secondary N) is 1. The molecule has 0 radical (unpaired) electrons. The van der Waals surface area contributed by atoms with Crippen LogP contribution in [0.15, 0.2) is 83.8 Å². The minimum atomic E-state index is -0.319. The molecule has 1 N–H and O–H groups in total. The fourth-order valence-corrected chi connectivity index (χ4v) is 4.14. The van der Waals surface area contributed by atoms with E-state index in [1.54, 1.807) is 48.5 Å². The first-order valence-electron chi connectivity index (χ1n) is 10.5. The Labute approximate surface area is 201 Å². The van der Waals surface area contributed by atoms with E-state index in [1.165, 1.54) is 12.0 Å². The second kappa shape index (κ2) is 10.7. The van der Waals surface area contributed by atoms with Gasteiger partial charge in [-0.3, -0.25) is 19.3 Å². The minimum Gasteiger partial charge on any atom is -0.495 e. The predicted molar refractivity (Wildman–Crippen MR) is 132 cm³/mol. The van der Waals surface area contributed by atoms with Gasteiger partial charge in [0.25, 0.3) is 17.1 Å². The van der Waals surface area contributed by atoms with Crippen LogP contribution < -0.4 is 14.8 Å². The Morgan fingerprint density at radius 3 is 2.41 bits per heavy atom. The van der Waals surface area contributed by atoms with E-state index in [9.17, 15) is 14.4 Å². The quantitative estimate of drug-likeness (QED) is 0.465. The van der Waals surface area contributed by atoms with Gasteiger partial charge in [0.1, 0.15) is 11.5 Å². The third-order valence-electron chi connectivity index (χ3n) is 4.99. The lowest BCUT2D eigenvalue weighted by Crippen LogP contribution is -2.27. The van der Waals surface area contributed by atoms with Crippen LogP contribution >= 0.6 is 11.8 Å². The first kappa shape index (κ1) is 23.1. The minimum absolute atomic E-state index is 0.171. The second-order valence-electron chi connectivity index (χ2n) is 7.36. The molecule has 3 amide bonds. The van der Waals surface area contributed by atoms with Gasteiger partial charge in [0.05, 0.1) is 24.2 Å². The van der Waals surface area contributed by atoms with Gasteiger partial charge in [-0.05, 0) is 53.2 Å². The summed E-state index contributed by atoms with van der Waals surface area (Å²) >= 11 is 0.922. The lowest BCUT2D eigenvalue weighted by molar-refractivity contribution is -0.123. The van der Waals surface area contributed by atoms with Gasteiger partial charge in [0.15, 0.2) is 6.61 Å². The van der Waals surface area contributed by atoms with E-state index in [2.05, 4.69) is 5.32 Å². The normalized spacial score (nSPS) is 14.4. The first-order chi connectivity index (χ1) is 16.5. The summed E-state index contributed by atoms with van der Waals surface area (Å²) in [6, 6.07) is 23.4. The summed E-state index contributed by atoms with van der Waals surface area (Å²) in [6.07, 6.45) is 1.67. The molecule has 172 valence electrons. The summed E-state index contributed by atoms with van der Waals surface area (Å²) in [4.78, 5) is 38.8. The van der Waals surface area contributed by atoms with Crippen LogP contribution in [-0.4, -0.2) is 35.7 Å². The summed E-state index contributed by atoms with van der Waals surface area (Å²) in [5, 5.41) is 2.46. The maximum Gasteiger partial charge on any atom is 0.293 e. The van der Waals surface area contributed by atoms with Crippen LogP contribution in [0.2, 0.25) is 0 Å². The van der Waals surface area contributed by atoms with Crippen molar-refractivity contribution in [3.63, 3.8) is 0 Å². The number of para-hydroxylation sites is 2. The summed E-state index contributed by atoms with van der Waals surface area (Å²) < 4.78 is 10.8. The molecule has 0 bridgehead atoms. The molecule has 34 heavy (non-hydrogen) atoms. The van der Waals surface area contributed by atoms with Gasteiger partial charge >= 0.3 is 0 Å². The standard InChI is InChI=1S/C26H22N2O5S/c1-32-22-10-6-5-9-21(22)27-24(29)17-33-20-13-11-18(12-14-20)15-23-25(30)28(26(31)34-23)16-19-7-3-2-4-8-19/h2-15H,16-17H2,1H3,(H,27,29)/b23-15-. The molecule has 4 rings (SSSR count). The Balaban J connectivity index is 1.34. The highest BCUT2D eigenvalue weighted by molar-refractivity contribution is 8.18. The number of hydrogen-bond acceptors (Lipinski definition) is 6. The zero-order valence-corrected chi connectivity index (χ0v) is 19.2. The molecular weight excluding hydrogens is 452 g/mol. The highest BCUT2D eigenvalue weighted by Gasteiger charge is 2.34. The van der Waals surface area contributed by atoms with Crippen molar-refractivity contribution in [1.29, 1.82) is 0 Å². The number of rotatable bonds is 8. The van der Waals surface area contributed by atoms with Crippen LogP contribution in [-0.2, 0) is 16.1 Å². The van der Waals surface area contributed by atoms with Gasteiger partial charge < -0.3 is 14.8 Å². The van der Waals surface area contributed by atoms with Gasteiger partial charge in [0.2, 0.25) is 0 Å². The van der Waals surface area contributed by atoms with Crippen molar-refractivity contribution in [2.24, 2.45) is 0 Å². The summed E-state index contributed by atoms with van der Waals surface area (Å²) in [7, 11) is 1.53. The third kappa shape index (κ3) is 5.65. The topological polar surface area (TPSA) is 84.9 Å². The smallest absolute Gasteiger partial charge is 0.293 e. The molecule has 7 nitrogen and oxygen atoms in total. The Morgan fingerprint density at radius 1 is 0.971 bits per heavy atom. The number of ether oxygens (including phenoxy) is 2. The van der Waals surface area contributed by atoms with Gasteiger partial charge in [-0.25, -0.2) is 0 Å². The molecule has 1 aliphatic heterocycles. The number of anilines is 1. The third-order valence-corrected chi connectivity index (χ3v) is 5.89. The van der Waals surface area contributed by atoms with Gasteiger partial charge in [0, 0.05) is 0 Å². The number of thioether (sulfide) groups is 1. The fourth-order valence-electron chi connectivity index (χ4n) is 3.30. The van der Waals surface area contributed by atoms with E-state index < -0.39 is 0 Å². The average Bonchev–Trinajstić information content (AvgIpc) is 3.12. The van der Waals surface area contributed by atoms with Gasteiger partial charge in [-0.15, -0.1) is 0 Å². The number of imide groups is 1. The van der Waals surface area contributed by atoms with Crippen molar-refractivity contribution in [2.75, 3.05) is 19.0 Å². The van der Waals surface area contributed by atoms with E-state index in [4.69, 9.17) is 9.47 Å². The van der Waals surface area contributed by atoms with Crippen molar-refractivity contribution >= 4 is 40.6 Å². The molecular formula is C26H22N2O5S. The largest absolute Gasteiger partial charge is 0.495 e. The Kier molecular flexibility index (Phi) is 7.29. The predicted octanol–water partition coefficient (Wildman–Crippen LogP) is 4.95. The highest BCUT2D eigenvalue weighted by atomic mass is 32.2. The number of hydrogen-bond donors (Lipinski definition) is 1. The Bertz CT molecular complexity index is 1230. The van der Waals surface area contributed by atoms with Crippen molar-refractivity contribution in [2.45, 2.75) is 6.54 Å². The molecule has 0 atom stereocenters. The number of nitrogens with zero attached hydrogens (tertiary/aromatic N) is 1. The molecule has 0 spiro atoms. The van der Waals surface area contributed by atoms with Crippen LogP contribution in [0.1, 0.15) is 11.1 Å². The van der Waals surface area contributed by atoms with E-state index in [0.29, 0.717) is 22.1 Å². The second-order valence-corrected chi connectivity index (χ2v) is 8.35. The number of carbonyl (C=O) groups is 3. The first-order valence-corrected chi connectivity index (χ1v) is 11.3. The number of carbonyl (C=O) groups excluding carboxylic acids is 3. The van der Waals surface area contributed by atoms with Crippen LogP contribution in [0.3, 0.4) is 0 Å². The molecule has 0 saturated carbocycles. The monoisotopic (exact) mass is 474 g/mol. The number of methoxy groups -OCH3 is 1. The number of benzene rings is 3. The van der Waals surface area contributed by atoms with Crippen LogP contribution in [0.25, 0.3) is 6.08 Å². The summed E-state index contributed by atoms with van der Waals surface area (Å²) in [6.45, 7) is 0.0717. The lowest BCUT2D eigenvalue weighted by atomic mass is 10.2. The van der Waals surface area contributed by atoms with Crippen LogP contribution in [0.4, 0.5) is 10.5 Å². The SMILES string of the molecule is COc1ccccc1NC(=O)COc1ccc(/C=C2\SC(=O)N(Cc3ccccc3)C2=O)cc1. The maximum atomic E-state index is 12.7. The van der Waals surface area contributed by atoms with Crippen LogP contribution in [0.5, 0.6) is 11.5 Å². The van der Waals surface area contributed by atoms with Crippen molar-refractivity contribution in [1.82, 2.24) is 4.90 Å². The molecule has 0 aliphatic carbocycles. The lowest BCUT2D eigenvalue weighted by Gasteiger charge is -2.12. The van der Waals surface area contributed by atoms with E-state index in [0.717, 1.165) is 22.9 Å². The van der Waals surface area contributed by atoms with E-state index in [1.807, 2.05) is 36.4 Å². The molecule has 1 heterocycles. The van der Waals surface area contributed by atoms with Crippen LogP contribution in [0, 0.1) is 0 Å². The Morgan fingerprint density at radius 2 is 1.68 bits per heavy atom. The molecule has 3 aromatic rings. The highest BCUT2D eigenvalue weighted by Crippen LogP contribution is 2.33. The number of amides is 3. The summed E-state index contributed by atoms with van der Waals surface area (Å²) in [5.41, 5.74) is 2.20. The molecule has 8 heteroatoms. The maximum absolute atomic E-state index is 12.7. The molecule has 1 aliphatic rings. The van der Waals surface area contributed by atoms with E-state index >= 15 is 0 Å². The molecule has 1 saturated heterocycles. The molecule has 1 fully saturated rings. The fraction of sp³-hybridized carbons (Fsp3) is 0.115. The Hall–Kier alpha value is -4.04.